The summed E-state index contributed by atoms with van der Waals surface area (Å²) in [6.45, 7) is 66.6. The number of alkyl halides is 1. The van der Waals surface area contributed by atoms with E-state index in [4.69, 9.17) is 9.47 Å². The Balaban J connectivity index is 0.000000270. The first-order valence-corrected chi connectivity index (χ1v) is 53.9. The van der Waals surface area contributed by atoms with Crippen LogP contribution in [0, 0.1) is 11.8 Å². The minimum Gasteiger partial charge on any atom is -0.383 e. The van der Waals surface area contributed by atoms with Gasteiger partial charge in [0.1, 0.15) is 6.67 Å². The monoisotopic (exact) mass is 1990 g/mol. The maximum atomic E-state index is 12.2. The van der Waals surface area contributed by atoms with Crippen LogP contribution in [0.5, 0.6) is 0 Å². The maximum Gasteiger partial charge on any atom is 0.252 e. The molecule has 12 rings (SSSR count). The van der Waals surface area contributed by atoms with Crippen molar-refractivity contribution < 1.29 is 52.2 Å². The summed E-state index contributed by atoms with van der Waals surface area (Å²) in [6.07, 6.45) is 8.87. The number of halogens is 1. The summed E-state index contributed by atoms with van der Waals surface area (Å²) in [5.74, 6) is 1.34. The van der Waals surface area contributed by atoms with E-state index in [2.05, 4.69) is 233 Å². The first-order chi connectivity index (χ1) is 61.8. The Hall–Kier alpha value is -6.87. The Kier molecular flexibility index (Phi) is 47.3. The normalized spacial score (nSPS) is 14.9. The standard InChI is InChI=1S/C16H26N2OS.C15H24N2OS.C15H23NO2S.C12H19NO2S.C12H17NOS.C12H19NOS.C11H16FNOS.C11H17NOS/c1-16(2,3)14-9-13(11-20-14)15(19)17-10-12-5-7-18(4)8-6-12;1-15(2,3)13-9-11(10-19-13)14(18)16-12-5-7-17(4)8-6-12;1-15(2,3)13-8-12(10-19-13)14(17)16-9-11-4-6-18-7-5-11;1-12(2,3)10-7-9(8-16-10)11(14)13-5-6-15-4;1-12(2,3)10-6-8(7-15-10)11(14)13-9-4-5-9;1-8(2)13-11(14)9-6-10(15-7-9)12(3,4)5;1-11(2,3)9-6-8(7-15-9)10(14)13-5-4-12;1-5-12-10(13)8-6-9(14-7-8)11(2,3)4/h9,11-12H,5-8,10H2,1-4H3,(H,17,19);9-10,12H,5-8H2,1-4H3,(H,16,18);8,10-11H,4-7,9H2,1-3H3,(H,16,17);7-8H,5-6H2,1-4H3,(H,13,14);6-7,9H,4-5H2,1-3H3,(H,13,14);6-8H,1-5H3,(H,13,14);6-7H,4-5H2,1-3H3,(H,13,14);6-7H,5H2,1-4H3,(H,12,13). The van der Waals surface area contributed by atoms with E-state index in [-0.39, 0.29) is 103 Å². The molecule has 0 bridgehead atoms. The third kappa shape index (κ3) is 43.0. The van der Waals surface area contributed by atoms with Gasteiger partial charge >= 0.3 is 0 Å². The molecule has 1 saturated carbocycles. The van der Waals surface area contributed by atoms with Gasteiger partial charge in [-0.3, -0.25) is 38.4 Å². The molecule has 8 N–H and O–H groups in total. The molecule has 1 aliphatic carbocycles. The molecule has 8 aromatic rings. The lowest BCUT2D eigenvalue weighted by atomic mass is 9.94. The number of carbonyl (C=O) groups excluding carboxylic acids is 8. The number of amides is 8. The topological polar surface area (TPSA) is 258 Å². The third-order valence-electron chi connectivity index (χ3n) is 21.8. The number of likely N-dealkylation sites (tertiary alicyclic amines) is 2. The van der Waals surface area contributed by atoms with Gasteiger partial charge in [0, 0.05) is 153 Å². The van der Waals surface area contributed by atoms with Gasteiger partial charge in [-0.25, -0.2) is 4.39 Å². The van der Waals surface area contributed by atoms with Gasteiger partial charge in [0.15, 0.2) is 0 Å². The summed E-state index contributed by atoms with van der Waals surface area (Å²) in [6, 6.07) is 16.9. The van der Waals surface area contributed by atoms with E-state index in [0.717, 1.165) is 135 Å². The highest BCUT2D eigenvalue weighted by molar-refractivity contribution is 7.12. The Morgan fingerprint density at radius 2 is 0.594 bits per heavy atom. The van der Waals surface area contributed by atoms with Crippen molar-refractivity contribution in [2.24, 2.45) is 11.8 Å². The lowest BCUT2D eigenvalue weighted by molar-refractivity contribution is 0.0643. The maximum absolute atomic E-state index is 12.2. The van der Waals surface area contributed by atoms with Gasteiger partial charge in [0.25, 0.3) is 47.3 Å². The van der Waals surface area contributed by atoms with Gasteiger partial charge in [-0.15, -0.1) is 90.7 Å². The number of methoxy groups -OCH3 is 1. The van der Waals surface area contributed by atoms with Crippen LogP contribution in [0.4, 0.5) is 4.39 Å². The SMILES string of the molecule is CC(C)(C)c1cc(C(=O)NC2CC2)cs1.CC(C)(C)c1cc(C(=O)NCC2CCOCC2)cs1.CC(C)(C)c1cc(C(=O)NCCF)cs1.CC(C)NC(=O)c1csc(C(C)(C)C)c1.CCNC(=O)c1csc(C(C)(C)C)c1.CN1CCC(CNC(=O)c2csc(C(C)(C)C)c2)CC1.CN1CCC(NC(=O)c2csc(C(C)(C)C)c2)CC1.COCCNC(=O)c1csc(C(C)(C)C)c1. The van der Waals surface area contributed by atoms with Crippen molar-refractivity contribution in [3.63, 3.8) is 0 Å². The molecule has 133 heavy (non-hydrogen) atoms. The van der Waals surface area contributed by atoms with Crippen LogP contribution in [0.25, 0.3) is 0 Å². The number of thiophene rings is 8. The van der Waals surface area contributed by atoms with Crippen molar-refractivity contribution in [1.29, 1.82) is 0 Å². The second kappa shape index (κ2) is 53.9. The Bertz CT molecular complexity index is 4800. The van der Waals surface area contributed by atoms with Crippen molar-refractivity contribution in [3.05, 3.63) is 175 Å². The fourth-order valence-electron chi connectivity index (χ4n) is 12.8. The molecule has 8 amide bonds. The smallest absolute Gasteiger partial charge is 0.252 e. The molecule has 0 aromatic carbocycles. The van der Waals surface area contributed by atoms with Gasteiger partial charge in [-0.1, -0.05) is 166 Å². The van der Waals surface area contributed by atoms with E-state index >= 15 is 0 Å². The van der Waals surface area contributed by atoms with Crippen LogP contribution < -0.4 is 42.5 Å². The molecular weight excluding hydrogens is 1820 g/mol. The fraction of sp³-hybridized carbons (Fsp3) is 0.615. The summed E-state index contributed by atoms with van der Waals surface area (Å²) < 4.78 is 22.0. The molecule has 29 heteroatoms. The van der Waals surface area contributed by atoms with Crippen LogP contribution in [0.3, 0.4) is 0 Å². The van der Waals surface area contributed by atoms with Crippen LogP contribution in [0.2, 0.25) is 0 Å². The van der Waals surface area contributed by atoms with Gasteiger partial charge in [0.05, 0.1) is 51.1 Å². The number of hydrogen-bond acceptors (Lipinski definition) is 20. The van der Waals surface area contributed by atoms with E-state index in [1.165, 1.54) is 47.0 Å². The molecular formula is C104H161FN10O10S8. The highest BCUT2D eigenvalue weighted by atomic mass is 32.1. The number of carbonyl (C=O) groups is 8. The molecule has 0 radical (unpaired) electrons. The van der Waals surface area contributed by atoms with Gasteiger partial charge < -0.3 is 61.8 Å². The molecule has 0 spiro atoms. The fourth-order valence-corrected chi connectivity index (χ4v) is 20.7. The van der Waals surface area contributed by atoms with Gasteiger partial charge in [-0.05, 0) is 216 Å². The number of nitrogens with one attached hydrogen (secondary N) is 8. The lowest BCUT2D eigenvalue weighted by Crippen LogP contribution is -2.43. The van der Waals surface area contributed by atoms with E-state index < -0.39 is 6.67 Å². The second-order valence-electron chi connectivity index (χ2n) is 43.3. The van der Waals surface area contributed by atoms with Crippen LogP contribution >= 0.6 is 90.7 Å². The zero-order valence-electron chi connectivity index (χ0n) is 85.6. The molecule has 4 aliphatic rings. The first kappa shape index (κ1) is 117. The molecule has 20 nitrogen and oxygen atoms in total. The van der Waals surface area contributed by atoms with Crippen molar-refractivity contribution >= 4 is 138 Å². The Morgan fingerprint density at radius 1 is 0.353 bits per heavy atom. The average Bonchev–Trinajstić information content (AvgIpc) is 1.59. The molecule has 3 saturated heterocycles. The molecule has 8 aromatic heterocycles. The van der Waals surface area contributed by atoms with Gasteiger partial charge in [-0.2, -0.15) is 0 Å². The zero-order chi connectivity index (χ0) is 99.8. The van der Waals surface area contributed by atoms with E-state index in [1.54, 1.807) is 97.8 Å². The highest BCUT2D eigenvalue weighted by Gasteiger charge is 2.30. The summed E-state index contributed by atoms with van der Waals surface area (Å²) in [5, 5.41) is 38.7. The number of nitrogens with zero attached hydrogens (tertiary/aromatic N) is 2. The minimum atomic E-state index is -0.526. The summed E-state index contributed by atoms with van der Waals surface area (Å²) in [7, 11) is 5.91. The predicted octanol–water partition coefficient (Wildman–Crippen LogP) is 23.3. The van der Waals surface area contributed by atoms with E-state index in [9.17, 15) is 42.7 Å². The lowest BCUT2D eigenvalue weighted by Gasteiger charge is -2.29. The summed E-state index contributed by atoms with van der Waals surface area (Å²) >= 11 is 13.2. The zero-order valence-corrected chi connectivity index (χ0v) is 92.1. The second-order valence-corrected chi connectivity index (χ2v) is 50.6. The van der Waals surface area contributed by atoms with E-state index in [0.29, 0.717) is 49.2 Å². The minimum absolute atomic E-state index is 0.0243. The largest absolute Gasteiger partial charge is 0.383 e. The molecule has 4 fully saturated rings. The van der Waals surface area contributed by atoms with Crippen LogP contribution in [0.15, 0.2) is 91.6 Å². The number of hydrogen-bond donors (Lipinski definition) is 8. The van der Waals surface area contributed by atoms with Crippen molar-refractivity contribution in [1.82, 2.24) is 52.3 Å². The number of rotatable bonds is 21. The predicted molar refractivity (Wildman–Crippen MR) is 564 cm³/mol. The first-order valence-electron chi connectivity index (χ1n) is 46.9. The van der Waals surface area contributed by atoms with Crippen molar-refractivity contribution in [3.8, 4) is 0 Å². The summed E-state index contributed by atoms with van der Waals surface area (Å²) in [5.41, 5.74) is 7.08. The van der Waals surface area contributed by atoms with Crippen molar-refractivity contribution in [2.45, 2.75) is 300 Å². The molecule has 3 aliphatic heterocycles. The van der Waals surface area contributed by atoms with Crippen LogP contribution in [-0.2, 0) is 52.8 Å². The number of piperidine rings is 2. The van der Waals surface area contributed by atoms with Crippen molar-refractivity contribution in [2.75, 3.05) is 107 Å². The quantitative estimate of drug-likeness (QED) is 0.0313. The Morgan fingerprint density at radius 3 is 0.842 bits per heavy atom. The van der Waals surface area contributed by atoms with Crippen LogP contribution in [-0.4, -0.2) is 182 Å². The molecule has 0 unspecified atom stereocenters. The molecule has 0 atom stereocenters. The molecule has 742 valence electrons. The van der Waals surface area contributed by atoms with Gasteiger partial charge in [0.2, 0.25) is 0 Å². The third-order valence-corrected chi connectivity index (χ3v) is 32.6. The highest BCUT2D eigenvalue weighted by Crippen LogP contribution is 2.36. The summed E-state index contributed by atoms with van der Waals surface area (Å²) in [4.78, 5) is 109. The molecule has 11 heterocycles. The van der Waals surface area contributed by atoms with E-state index in [1.807, 2.05) is 112 Å². The Labute approximate surface area is 829 Å². The van der Waals surface area contributed by atoms with Crippen LogP contribution in [0.1, 0.15) is 360 Å². The average molecular weight is 1990 g/mol. The number of ether oxygens (including phenoxy) is 2.